The topological polar surface area (TPSA) is 24.5 Å². The molecule has 1 saturated heterocycles. The van der Waals surface area contributed by atoms with Crippen LogP contribution < -0.4 is 5.32 Å². The fourth-order valence-electron chi connectivity index (χ4n) is 3.00. The molecule has 0 amide bonds. The van der Waals surface area contributed by atoms with Gasteiger partial charge in [-0.05, 0) is 38.3 Å². The van der Waals surface area contributed by atoms with E-state index >= 15 is 0 Å². The molecule has 2 fully saturated rings. The summed E-state index contributed by atoms with van der Waals surface area (Å²) in [4.78, 5) is 2.70. The zero-order valence-electron chi connectivity index (χ0n) is 11.6. The fraction of sp³-hybridized carbons (Fsp3) is 1.00. The molecule has 0 aromatic carbocycles. The van der Waals surface area contributed by atoms with Gasteiger partial charge in [0.2, 0.25) is 0 Å². The van der Waals surface area contributed by atoms with Crippen LogP contribution in [0.4, 0.5) is 0 Å². The Morgan fingerprint density at radius 3 is 2.82 bits per heavy atom. The van der Waals surface area contributed by atoms with Gasteiger partial charge in [0.15, 0.2) is 0 Å². The number of nitrogens with one attached hydrogen (secondary N) is 1. The lowest BCUT2D eigenvalue weighted by molar-refractivity contribution is -0.0286. The van der Waals surface area contributed by atoms with Crippen molar-refractivity contribution in [1.82, 2.24) is 10.2 Å². The van der Waals surface area contributed by atoms with Crippen LogP contribution in [0.1, 0.15) is 39.5 Å². The lowest BCUT2D eigenvalue weighted by Crippen LogP contribution is -2.51. The van der Waals surface area contributed by atoms with E-state index in [9.17, 15) is 0 Å². The Morgan fingerprint density at radius 1 is 1.41 bits per heavy atom. The van der Waals surface area contributed by atoms with Crippen molar-refractivity contribution < 1.29 is 4.74 Å². The molecule has 2 rings (SSSR count). The summed E-state index contributed by atoms with van der Waals surface area (Å²) in [5.41, 5.74) is 0. The first kappa shape index (κ1) is 13.3. The molecule has 0 radical (unpaired) electrons. The normalized spacial score (nSPS) is 37.2. The quantitative estimate of drug-likeness (QED) is 0.812. The molecule has 1 heterocycles. The second-order valence-electron chi connectivity index (χ2n) is 5.78. The van der Waals surface area contributed by atoms with Crippen LogP contribution in [0.3, 0.4) is 0 Å². The third-order valence-corrected chi connectivity index (χ3v) is 4.71. The van der Waals surface area contributed by atoms with Crippen LogP contribution in [-0.2, 0) is 4.74 Å². The van der Waals surface area contributed by atoms with Crippen molar-refractivity contribution in [1.29, 1.82) is 0 Å². The number of methoxy groups -OCH3 is 1. The van der Waals surface area contributed by atoms with Crippen LogP contribution in [0.2, 0.25) is 0 Å². The predicted octanol–water partition coefficient (Wildman–Crippen LogP) is 1.87. The lowest BCUT2D eigenvalue weighted by atomic mass is 9.87. The van der Waals surface area contributed by atoms with Crippen LogP contribution in [0.5, 0.6) is 0 Å². The maximum absolute atomic E-state index is 5.39. The number of ether oxygens (including phenoxy) is 1. The van der Waals surface area contributed by atoms with Gasteiger partial charge in [-0.2, -0.15) is 0 Å². The Bertz CT molecular complexity index is 228. The predicted molar refractivity (Wildman–Crippen MR) is 71.3 cm³/mol. The molecule has 17 heavy (non-hydrogen) atoms. The van der Waals surface area contributed by atoms with Crippen LogP contribution in [-0.4, -0.2) is 49.8 Å². The number of hydrogen-bond acceptors (Lipinski definition) is 3. The molecule has 1 aliphatic heterocycles. The average Bonchev–Trinajstić information content (AvgIpc) is 2.52. The number of rotatable bonds is 4. The van der Waals surface area contributed by atoms with Gasteiger partial charge in [0.25, 0.3) is 0 Å². The van der Waals surface area contributed by atoms with E-state index in [1.807, 2.05) is 7.11 Å². The molecule has 100 valence electrons. The fourth-order valence-corrected chi connectivity index (χ4v) is 3.00. The first-order valence-corrected chi connectivity index (χ1v) is 7.24. The molecule has 0 aromatic heterocycles. The van der Waals surface area contributed by atoms with E-state index in [-0.39, 0.29) is 0 Å². The Hall–Kier alpha value is -0.120. The highest BCUT2D eigenvalue weighted by molar-refractivity contribution is 4.91. The summed E-state index contributed by atoms with van der Waals surface area (Å²) in [7, 11) is 1.84. The van der Waals surface area contributed by atoms with E-state index in [1.165, 1.54) is 45.3 Å². The molecule has 0 spiro atoms. The standard InChI is InChI=1S/C14H28N2O/c1-4-11(2)14-10-16(7-5-6-15-14)12-8-13(9-12)17-3/h11-15H,4-10H2,1-3H3. The maximum Gasteiger partial charge on any atom is 0.0601 e. The van der Waals surface area contributed by atoms with Crippen LogP contribution >= 0.6 is 0 Å². The minimum absolute atomic E-state index is 0.526. The molecule has 2 aliphatic rings. The molecule has 3 heteroatoms. The van der Waals surface area contributed by atoms with Gasteiger partial charge < -0.3 is 10.1 Å². The molecule has 1 saturated carbocycles. The molecule has 1 aliphatic carbocycles. The van der Waals surface area contributed by atoms with Gasteiger partial charge in [0, 0.05) is 25.7 Å². The zero-order valence-corrected chi connectivity index (χ0v) is 11.6. The van der Waals surface area contributed by atoms with Crippen molar-refractivity contribution in [3.8, 4) is 0 Å². The summed E-state index contributed by atoms with van der Waals surface area (Å²) < 4.78 is 5.39. The summed E-state index contributed by atoms with van der Waals surface area (Å²) in [5.74, 6) is 0.786. The van der Waals surface area contributed by atoms with Gasteiger partial charge in [-0.15, -0.1) is 0 Å². The molecular weight excluding hydrogens is 212 g/mol. The van der Waals surface area contributed by atoms with Crippen LogP contribution in [0.25, 0.3) is 0 Å². The first-order chi connectivity index (χ1) is 8.24. The average molecular weight is 240 g/mol. The molecule has 0 aromatic rings. The molecule has 0 bridgehead atoms. The third kappa shape index (κ3) is 3.21. The first-order valence-electron chi connectivity index (χ1n) is 7.24. The summed E-state index contributed by atoms with van der Waals surface area (Å²) in [6, 6.07) is 1.47. The largest absolute Gasteiger partial charge is 0.381 e. The maximum atomic E-state index is 5.39. The van der Waals surface area contributed by atoms with Crippen molar-refractivity contribution in [2.24, 2.45) is 5.92 Å². The van der Waals surface area contributed by atoms with Gasteiger partial charge in [-0.1, -0.05) is 20.3 Å². The van der Waals surface area contributed by atoms with E-state index in [1.54, 1.807) is 0 Å². The smallest absolute Gasteiger partial charge is 0.0601 e. The lowest BCUT2D eigenvalue weighted by Gasteiger charge is -2.43. The second-order valence-corrected chi connectivity index (χ2v) is 5.78. The van der Waals surface area contributed by atoms with E-state index in [0.717, 1.165) is 12.0 Å². The van der Waals surface area contributed by atoms with E-state index < -0.39 is 0 Å². The minimum Gasteiger partial charge on any atom is -0.381 e. The summed E-state index contributed by atoms with van der Waals surface area (Å²) in [6.45, 7) is 8.36. The highest BCUT2D eigenvalue weighted by atomic mass is 16.5. The van der Waals surface area contributed by atoms with Crippen molar-refractivity contribution in [2.45, 2.75) is 57.7 Å². The Balaban J connectivity index is 1.85. The molecular formula is C14H28N2O. The highest BCUT2D eigenvalue weighted by Gasteiger charge is 2.35. The SMILES string of the molecule is CCC(C)C1CN(C2CC(OC)C2)CCCN1. The van der Waals surface area contributed by atoms with Gasteiger partial charge in [-0.3, -0.25) is 4.90 Å². The van der Waals surface area contributed by atoms with E-state index in [2.05, 4.69) is 24.1 Å². The number of hydrogen-bond donors (Lipinski definition) is 1. The van der Waals surface area contributed by atoms with Gasteiger partial charge in [0.05, 0.1) is 6.10 Å². The van der Waals surface area contributed by atoms with Crippen molar-refractivity contribution in [3.63, 3.8) is 0 Å². The third-order valence-electron chi connectivity index (χ3n) is 4.71. The Labute approximate surface area is 106 Å². The molecule has 3 nitrogen and oxygen atoms in total. The van der Waals surface area contributed by atoms with Gasteiger partial charge >= 0.3 is 0 Å². The highest BCUT2D eigenvalue weighted by Crippen LogP contribution is 2.29. The Kier molecular flexibility index (Phi) is 4.83. The van der Waals surface area contributed by atoms with E-state index in [0.29, 0.717) is 12.1 Å². The van der Waals surface area contributed by atoms with Gasteiger partial charge in [-0.25, -0.2) is 0 Å². The van der Waals surface area contributed by atoms with Crippen molar-refractivity contribution in [3.05, 3.63) is 0 Å². The van der Waals surface area contributed by atoms with Gasteiger partial charge in [0.1, 0.15) is 0 Å². The zero-order chi connectivity index (χ0) is 12.3. The monoisotopic (exact) mass is 240 g/mol. The molecule has 2 atom stereocenters. The van der Waals surface area contributed by atoms with Crippen molar-refractivity contribution in [2.75, 3.05) is 26.7 Å². The van der Waals surface area contributed by atoms with E-state index in [4.69, 9.17) is 4.74 Å². The summed E-state index contributed by atoms with van der Waals surface area (Å²) in [5, 5.41) is 3.72. The van der Waals surface area contributed by atoms with Crippen LogP contribution in [0.15, 0.2) is 0 Å². The van der Waals surface area contributed by atoms with Crippen LogP contribution in [0, 0.1) is 5.92 Å². The summed E-state index contributed by atoms with van der Waals surface area (Å²) >= 11 is 0. The molecule has 1 N–H and O–H groups in total. The summed E-state index contributed by atoms with van der Waals surface area (Å²) in [6.07, 6.45) is 5.57. The molecule has 2 unspecified atom stereocenters. The Morgan fingerprint density at radius 2 is 2.18 bits per heavy atom. The minimum atomic E-state index is 0.526. The van der Waals surface area contributed by atoms with Crippen molar-refractivity contribution >= 4 is 0 Å². The second kappa shape index (κ2) is 6.17. The number of nitrogens with zero attached hydrogens (tertiary/aromatic N) is 1.